The lowest BCUT2D eigenvalue weighted by Gasteiger charge is -2.01. The Labute approximate surface area is 55.0 Å². The van der Waals surface area contributed by atoms with Crippen molar-refractivity contribution in [3.05, 3.63) is 0 Å². The third kappa shape index (κ3) is 4.05. The second kappa shape index (κ2) is 2.81. The van der Waals surface area contributed by atoms with Crippen molar-refractivity contribution in [3.63, 3.8) is 0 Å². The molecule has 0 aliphatic heterocycles. The lowest BCUT2D eigenvalue weighted by Crippen LogP contribution is -2.19. The molecule has 5 heteroatoms. The third-order valence-electron chi connectivity index (χ3n) is 0.754. The van der Waals surface area contributed by atoms with Crippen molar-refractivity contribution in [2.45, 2.75) is 19.5 Å². The zero-order valence-corrected chi connectivity index (χ0v) is 5.16. The van der Waals surface area contributed by atoms with Crippen LogP contribution in [-0.4, -0.2) is 17.7 Å². The summed E-state index contributed by atoms with van der Waals surface area (Å²) in [4.78, 5) is 20.1. The average molecular weight is 154 g/mol. The van der Waals surface area contributed by atoms with E-state index in [4.69, 9.17) is 0 Å². The Hall–Kier alpha value is -0.870. The maximum absolute atomic E-state index is 11.3. The van der Waals surface area contributed by atoms with E-state index in [2.05, 4.69) is 0 Å². The van der Waals surface area contributed by atoms with Crippen molar-refractivity contribution in [2.75, 3.05) is 0 Å². The van der Waals surface area contributed by atoms with E-state index in [9.17, 15) is 22.8 Å². The summed E-state index contributed by atoms with van der Waals surface area (Å²) in [5.74, 6) is -2.45. The third-order valence-corrected chi connectivity index (χ3v) is 0.754. The van der Waals surface area contributed by atoms with Gasteiger partial charge in [-0.1, -0.05) is 0 Å². The van der Waals surface area contributed by atoms with Crippen LogP contribution in [0.4, 0.5) is 13.2 Å². The molecule has 0 aliphatic rings. The van der Waals surface area contributed by atoms with Crippen LogP contribution in [0.2, 0.25) is 0 Å². The average Bonchev–Trinajstić information content (AvgIpc) is 1.60. The van der Waals surface area contributed by atoms with E-state index in [0.29, 0.717) is 0 Å². The van der Waals surface area contributed by atoms with Gasteiger partial charge in [0, 0.05) is 6.92 Å². The maximum atomic E-state index is 11.3. The Balaban J connectivity index is 3.93. The smallest absolute Gasteiger partial charge is 0.291 e. The lowest BCUT2D eigenvalue weighted by atomic mass is 10.2. The number of rotatable bonds is 2. The van der Waals surface area contributed by atoms with E-state index in [1.54, 1.807) is 0 Å². The Bertz CT molecular complexity index is 159. The van der Waals surface area contributed by atoms with Gasteiger partial charge in [-0.25, -0.2) is 0 Å². The molecule has 0 amide bonds. The molecule has 0 heterocycles. The quantitative estimate of drug-likeness (QED) is 0.558. The van der Waals surface area contributed by atoms with Crippen LogP contribution in [-0.2, 0) is 9.59 Å². The van der Waals surface area contributed by atoms with Gasteiger partial charge in [0.05, 0.1) is 0 Å². The fraction of sp³-hybridized carbons (Fsp3) is 0.600. The minimum atomic E-state index is -4.57. The highest BCUT2D eigenvalue weighted by Crippen LogP contribution is 2.19. The summed E-state index contributed by atoms with van der Waals surface area (Å²) in [6.45, 7) is 0.814. The highest BCUT2D eigenvalue weighted by Gasteiger charge is 2.32. The van der Waals surface area contributed by atoms with E-state index in [-0.39, 0.29) is 0 Å². The molecule has 0 saturated carbocycles. The van der Waals surface area contributed by atoms with Crippen molar-refractivity contribution in [1.82, 2.24) is 0 Å². The molecule has 0 fully saturated rings. The van der Waals surface area contributed by atoms with E-state index >= 15 is 0 Å². The molecule has 0 aromatic heterocycles. The van der Waals surface area contributed by atoms with Gasteiger partial charge < -0.3 is 0 Å². The van der Waals surface area contributed by atoms with Gasteiger partial charge in [-0.05, 0) is 0 Å². The second-order valence-corrected chi connectivity index (χ2v) is 1.77. The number of Topliss-reactive ketones (excluding diaryl/α,β-unsaturated/α-hetero) is 2. The van der Waals surface area contributed by atoms with Crippen LogP contribution >= 0.6 is 0 Å². The molecule has 0 radical (unpaired) electrons. The second-order valence-electron chi connectivity index (χ2n) is 1.77. The number of hydrogen-bond acceptors (Lipinski definition) is 2. The summed E-state index contributed by atoms with van der Waals surface area (Å²) in [7, 11) is 0. The van der Waals surface area contributed by atoms with Gasteiger partial charge >= 0.3 is 6.18 Å². The fourth-order valence-electron chi connectivity index (χ4n) is 0.307. The highest BCUT2D eigenvalue weighted by atomic mass is 19.4. The number of alkyl halides is 3. The van der Waals surface area contributed by atoms with Crippen LogP contribution in [0.3, 0.4) is 0 Å². The van der Waals surface area contributed by atoms with Crippen LogP contribution in [0.25, 0.3) is 0 Å². The molecule has 0 unspecified atom stereocenters. The van der Waals surface area contributed by atoms with Crippen molar-refractivity contribution < 1.29 is 22.8 Å². The van der Waals surface area contributed by atoms with Gasteiger partial charge in [0.25, 0.3) is 0 Å². The van der Waals surface area contributed by atoms with Gasteiger partial charge in [-0.2, -0.15) is 13.2 Å². The standard InChI is InChI=1S/C5H5F3O2/c1-3(9)4(10)2-5(6,7)8/h2H2,1H3. The first kappa shape index (κ1) is 9.13. The number of ketones is 2. The molecular weight excluding hydrogens is 149 g/mol. The first-order valence-electron chi connectivity index (χ1n) is 2.43. The molecule has 0 atom stereocenters. The first-order chi connectivity index (χ1) is 4.33. The minimum Gasteiger partial charge on any atom is -0.291 e. The first-order valence-corrected chi connectivity index (χ1v) is 2.43. The normalized spacial score (nSPS) is 11.2. The van der Waals surface area contributed by atoms with E-state index in [1.165, 1.54) is 0 Å². The number of halogens is 3. The summed E-state index contributed by atoms with van der Waals surface area (Å²) < 4.78 is 33.9. The van der Waals surface area contributed by atoms with Crippen molar-refractivity contribution in [1.29, 1.82) is 0 Å². The molecule has 0 bridgehead atoms. The Morgan fingerprint density at radius 2 is 1.70 bits per heavy atom. The predicted molar refractivity (Wildman–Crippen MR) is 26.4 cm³/mol. The largest absolute Gasteiger partial charge is 0.396 e. The Morgan fingerprint density at radius 1 is 1.30 bits per heavy atom. The zero-order valence-electron chi connectivity index (χ0n) is 5.16. The lowest BCUT2D eigenvalue weighted by molar-refractivity contribution is -0.157. The van der Waals surface area contributed by atoms with E-state index in [1.807, 2.05) is 0 Å². The molecule has 0 saturated heterocycles. The topological polar surface area (TPSA) is 34.1 Å². The Kier molecular flexibility index (Phi) is 2.56. The highest BCUT2D eigenvalue weighted by molar-refractivity contribution is 6.36. The maximum Gasteiger partial charge on any atom is 0.396 e. The fourth-order valence-corrected chi connectivity index (χ4v) is 0.307. The van der Waals surface area contributed by atoms with E-state index in [0.717, 1.165) is 6.92 Å². The summed E-state index contributed by atoms with van der Waals surface area (Å²) in [5.41, 5.74) is 0. The van der Waals surface area contributed by atoms with Crippen molar-refractivity contribution in [2.24, 2.45) is 0 Å². The van der Waals surface area contributed by atoms with Crippen LogP contribution in [0.5, 0.6) is 0 Å². The molecule has 58 valence electrons. The van der Waals surface area contributed by atoms with Crippen molar-refractivity contribution in [3.8, 4) is 0 Å². The van der Waals surface area contributed by atoms with Crippen LogP contribution < -0.4 is 0 Å². The number of carbonyl (C=O) groups is 2. The summed E-state index contributed by atoms with van der Waals surface area (Å²) in [6.07, 6.45) is -6.22. The SMILES string of the molecule is CC(=O)C(=O)CC(F)(F)F. The Morgan fingerprint density at radius 3 is 1.80 bits per heavy atom. The summed E-state index contributed by atoms with van der Waals surface area (Å²) in [5, 5.41) is 0. The molecule has 2 nitrogen and oxygen atoms in total. The van der Waals surface area contributed by atoms with Gasteiger partial charge in [0.15, 0.2) is 5.78 Å². The van der Waals surface area contributed by atoms with Crippen LogP contribution in [0, 0.1) is 0 Å². The molecule has 10 heavy (non-hydrogen) atoms. The van der Waals surface area contributed by atoms with Crippen molar-refractivity contribution >= 4 is 11.6 Å². The molecule has 0 aromatic rings. The van der Waals surface area contributed by atoms with Crippen LogP contribution in [0.15, 0.2) is 0 Å². The summed E-state index contributed by atoms with van der Waals surface area (Å²) in [6, 6.07) is 0. The number of hydrogen-bond donors (Lipinski definition) is 0. The van der Waals surface area contributed by atoms with Gasteiger partial charge in [-0.3, -0.25) is 9.59 Å². The number of carbonyl (C=O) groups excluding carboxylic acids is 2. The van der Waals surface area contributed by atoms with E-state index < -0.39 is 24.2 Å². The molecular formula is C5H5F3O2. The predicted octanol–water partition coefficient (Wildman–Crippen LogP) is 1.10. The monoisotopic (exact) mass is 154 g/mol. The van der Waals surface area contributed by atoms with Gasteiger partial charge in [-0.15, -0.1) is 0 Å². The molecule has 0 N–H and O–H groups in total. The minimum absolute atomic E-state index is 0.814. The molecule has 0 aromatic carbocycles. The molecule has 0 aliphatic carbocycles. The van der Waals surface area contributed by atoms with Gasteiger partial charge in [0.1, 0.15) is 6.42 Å². The molecule has 0 spiro atoms. The van der Waals surface area contributed by atoms with Crippen LogP contribution in [0.1, 0.15) is 13.3 Å². The van der Waals surface area contributed by atoms with Gasteiger partial charge in [0.2, 0.25) is 5.78 Å². The summed E-state index contributed by atoms with van der Waals surface area (Å²) >= 11 is 0. The zero-order chi connectivity index (χ0) is 8.36. The molecule has 0 rings (SSSR count).